The fraction of sp³-hybridized carbons (Fsp3) is 0.435. The molecule has 0 unspecified atom stereocenters. The van der Waals surface area contributed by atoms with E-state index < -0.39 is 11.6 Å². The third-order valence-electron chi connectivity index (χ3n) is 5.85. The molecule has 0 aromatic heterocycles. The lowest BCUT2D eigenvalue weighted by atomic mass is 9.78. The van der Waals surface area contributed by atoms with Gasteiger partial charge in [0.25, 0.3) is 0 Å². The van der Waals surface area contributed by atoms with Crippen LogP contribution in [0.5, 0.6) is 0 Å². The minimum Gasteiger partial charge on any atom is -0.203 e. The zero-order chi connectivity index (χ0) is 18.5. The lowest BCUT2D eigenvalue weighted by molar-refractivity contribution is 0.259. The largest absolute Gasteiger partial charge is 0.203 e. The second kappa shape index (κ2) is 8.45. The van der Waals surface area contributed by atoms with Crippen LogP contribution in [0.15, 0.2) is 36.4 Å². The summed E-state index contributed by atoms with van der Waals surface area (Å²) in [5.74, 6) is -0.281. The normalized spacial score (nSPS) is 19.9. The predicted molar refractivity (Wildman–Crippen MR) is 101 cm³/mol. The Morgan fingerprint density at radius 3 is 2.19 bits per heavy atom. The van der Waals surface area contributed by atoms with E-state index in [0.29, 0.717) is 5.56 Å². The summed E-state index contributed by atoms with van der Waals surface area (Å²) >= 11 is 0. The zero-order valence-corrected chi connectivity index (χ0v) is 15.3. The molecule has 0 saturated heterocycles. The summed E-state index contributed by atoms with van der Waals surface area (Å²) in [4.78, 5) is 0. The van der Waals surface area contributed by atoms with E-state index in [1.54, 1.807) is 6.07 Å². The van der Waals surface area contributed by atoms with Gasteiger partial charge in [-0.25, -0.2) is 8.78 Å². The Morgan fingerprint density at radius 1 is 0.923 bits per heavy atom. The van der Waals surface area contributed by atoms with Crippen LogP contribution in [-0.2, 0) is 6.42 Å². The van der Waals surface area contributed by atoms with Crippen molar-refractivity contribution in [3.8, 4) is 17.2 Å². The van der Waals surface area contributed by atoms with Gasteiger partial charge >= 0.3 is 0 Å². The van der Waals surface area contributed by atoms with Crippen LogP contribution in [0.4, 0.5) is 8.78 Å². The highest BCUT2D eigenvalue weighted by molar-refractivity contribution is 5.65. The quantitative estimate of drug-likeness (QED) is 0.590. The summed E-state index contributed by atoms with van der Waals surface area (Å²) in [5.41, 5.74) is 1.81. The number of benzene rings is 2. The molecule has 0 N–H and O–H groups in total. The van der Waals surface area contributed by atoms with Crippen molar-refractivity contribution in [3.05, 3.63) is 59.2 Å². The first-order chi connectivity index (χ1) is 12.6. The van der Waals surface area contributed by atoms with Gasteiger partial charge in [-0.1, -0.05) is 63.3 Å². The van der Waals surface area contributed by atoms with Crippen molar-refractivity contribution in [1.29, 1.82) is 5.26 Å². The summed E-state index contributed by atoms with van der Waals surface area (Å²) in [6.45, 7) is 2.29. The molecule has 0 heterocycles. The third kappa shape index (κ3) is 4.12. The van der Waals surface area contributed by atoms with E-state index in [9.17, 15) is 8.78 Å². The smallest absolute Gasteiger partial charge is 0.177 e. The Hall–Kier alpha value is -2.21. The summed E-state index contributed by atoms with van der Waals surface area (Å²) < 4.78 is 28.0. The van der Waals surface area contributed by atoms with Gasteiger partial charge in [-0.15, -0.1) is 0 Å². The van der Waals surface area contributed by atoms with E-state index in [0.717, 1.165) is 18.3 Å². The first-order valence-electron chi connectivity index (χ1n) is 9.59. The van der Waals surface area contributed by atoms with Crippen molar-refractivity contribution >= 4 is 0 Å². The van der Waals surface area contributed by atoms with E-state index in [-0.39, 0.29) is 11.1 Å². The van der Waals surface area contributed by atoms with Gasteiger partial charge in [-0.2, -0.15) is 5.26 Å². The Morgan fingerprint density at radius 2 is 1.58 bits per heavy atom. The van der Waals surface area contributed by atoms with Crippen molar-refractivity contribution in [2.75, 3.05) is 0 Å². The highest BCUT2D eigenvalue weighted by Gasteiger charge is 2.19. The van der Waals surface area contributed by atoms with E-state index in [1.165, 1.54) is 56.2 Å². The maximum absolute atomic E-state index is 14.2. The van der Waals surface area contributed by atoms with Crippen molar-refractivity contribution in [2.45, 2.75) is 51.9 Å². The van der Waals surface area contributed by atoms with Crippen molar-refractivity contribution in [2.24, 2.45) is 11.8 Å². The summed E-state index contributed by atoms with van der Waals surface area (Å²) in [7, 11) is 0. The number of aryl methyl sites for hydroxylation is 1. The summed E-state index contributed by atoms with van der Waals surface area (Å²) in [5, 5.41) is 8.78. The van der Waals surface area contributed by atoms with Crippen LogP contribution < -0.4 is 0 Å². The van der Waals surface area contributed by atoms with E-state index >= 15 is 0 Å². The van der Waals surface area contributed by atoms with Gasteiger partial charge in [0.1, 0.15) is 6.07 Å². The van der Waals surface area contributed by atoms with Gasteiger partial charge in [-0.05, 0) is 47.9 Å². The van der Waals surface area contributed by atoms with Crippen molar-refractivity contribution < 1.29 is 8.78 Å². The fourth-order valence-corrected chi connectivity index (χ4v) is 4.01. The molecule has 0 aliphatic heterocycles. The van der Waals surface area contributed by atoms with Gasteiger partial charge < -0.3 is 0 Å². The Kier molecular flexibility index (Phi) is 6.04. The van der Waals surface area contributed by atoms with E-state index in [4.69, 9.17) is 5.26 Å². The molecular weight excluding hydrogens is 328 g/mol. The highest BCUT2D eigenvalue weighted by Crippen LogP contribution is 2.33. The molecule has 1 aliphatic rings. The lowest BCUT2D eigenvalue weighted by Crippen LogP contribution is -2.14. The number of nitriles is 1. The molecule has 136 valence electrons. The van der Waals surface area contributed by atoms with Crippen LogP contribution in [0.3, 0.4) is 0 Å². The molecule has 0 spiro atoms. The number of hydrogen-bond acceptors (Lipinski definition) is 1. The second-order valence-corrected chi connectivity index (χ2v) is 7.43. The molecule has 1 nitrogen and oxygen atoms in total. The first-order valence-corrected chi connectivity index (χ1v) is 9.59. The molecule has 1 saturated carbocycles. The average molecular weight is 353 g/mol. The van der Waals surface area contributed by atoms with Crippen LogP contribution >= 0.6 is 0 Å². The molecular formula is C23H25F2N. The molecule has 3 heteroatoms. The van der Waals surface area contributed by atoms with Gasteiger partial charge in [0, 0.05) is 5.56 Å². The number of nitrogens with zero attached hydrogens (tertiary/aromatic N) is 1. The maximum Gasteiger partial charge on any atom is 0.177 e. The Balaban J connectivity index is 1.63. The van der Waals surface area contributed by atoms with Gasteiger partial charge in [0.05, 0.1) is 5.56 Å². The molecule has 1 aliphatic carbocycles. The van der Waals surface area contributed by atoms with Crippen LogP contribution in [0.2, 0.25) is 0 Å². The van der Waals surface area contributed by atoms with Crippen molar-refractivity contribution in [1.82, 2.24) is 0 Å². The van der Waals surface area contributed by atoms with Crippen LogP contribution in [0.25, 0.3) is 11.1 Å². The maximum atomic E-state index is 14.2. The summed E-state index contributed by atoms with van der Waals surface area (Å²) in [6.07, 6.45) is 8.95. The molecule has 2 aromatic carbocycles. The van der Waals surface area contributed by atoms with Crippen LogP contribution in [0, 0.1) is 34.8 Å². The van der Waals surface area contributed by atoms with Gasteiger partial charge in [0.15, 0.2) is 11.6 Å². The van der Waals surface area contributed by atoms with Gasteiger partial charge in [0.2, 0.25) is 0 Å². The highest BCUT2D eigenvalue weighted by atomic mass is 19.2. The average Bonchev–Trinajstić information content (AvgIpc) is 2.69. The topological polar surface area (TPSA) is 23.8 Å². The molecule has 1 fully saturated rings. The molecule has 0 atom stereocenters. The summed E-state index contributed by atoms with van der Waals surface area (Å²) in [6, 6.07) is 12.1. The van der Waals surface area contributed by atoms with Gasteiger partial charge in [-0.3, -0.25) is 0 Å². The van der Waals surface area contributed by atoms with Crippen LogP contribution in [0.1, 0.15) is 56.6 Å². The molecule has 3 rings (SSSR count). The van der Waals surface area contributed by atoms with E-state index in [1.807, 2.05) is 24.3 Å². The molecule has 26 heavy (non-hydrogen) atoms. The minimum atomic E-state index is -1.07. The monoisotopic (exact) mass is 353 g/mol. The number of hydrogen-bond donors (Lipinski definition) is 0. The molecule has 0 bridgehead atoms. The SMILES string of the molecule is CC[C@H]1CC[C@H](CCc2ccc(-c3ccc(C#N)c(F)c3F)cc2)CC1. The van der Waals surface area contributed by atoms with Crippen LogP contribution in [-0.4, -0.2) is 0 Å². The van der Waals surface area contributed by atoms with E-state index in [2.05, 4.69) is 6.92 Å². The zero-order valence-electron chi connectivity index (χ0n) is 15.3. The standard InChI is InChI=1S/C23H25F2N/c1-2-16-3-5-17(6-4-16)7-8-18-9-11-19(12-10-18)21-14-13-20(15-26)22(24)23(21)25/h9-14,16-17H,2-8H2,1H3/t16-,17-. The second-order valence-electron chi connectivity index (χ2n) is 7.43. The molecule has 2 aromatic rings. The first kappa shape index (κ1) is 18.6. The molecule has 0 amide bonds. The minimum absolute atomic E-state index is 0.200. The number of rotatable bonds is 5. The third-order valence-corrected chi connectivity index (χ3v) is 5.85. The predicted octanol–water partition coefficient (Wildman–Crippen LogP) is 6.65. The Bertz CT molecular complexity index is 781. The number of halogens is 2. The molecule has 0 radical (unpaired) electrons. The lowest BCUT2D eigenvalue weighted by Gasteiger charge is -2.27. The fourth-order valence-electron chi connectivity index (χ4n) is 4.01. The Labute approximate surface area is 154 Å². The van der Waals surface area contributed by atoms with Crippen molar-refractivity contribution in [3.63, 3.8) is 0 Å².